The van der Waals surface area contributed by atoms with E-state index in [9.17, 15) is 4.79 Å². The molecule has 0 aromatic heterocycles. The zero-order valence-corrected chi connectivity index (χ0v) is 11.0. The Balaban J connectivity index is 1.58. The van der Waals surface area contributed by atoms with Crippen molar-refractivity contribution in [3.63, 3.8) is 0 Å². The summed E-state index contributed by atoms with van der Waals surface area (Å²) in [5, 5.41) is 6.20. The maximum atomic E-state index is 11.8. The molecule has 4 nitrogen and oxygen atoms in total. The Morgan fingerprint density at radius 2 is 1.85 bits per heavy atom. The van der Waals surface area contributed by atoms with E-state index in [-0.39, 0.29) is 6.04 Å². The number of benzene rings is 2. The van der Waals surface area contributed by atoms with E-state index in [1.54, 1.807) is 12.1 Å². The van der Waals surface area contributed by atoms with Crippen LogP contribution in [0.5, 0.6) is 5.75 Å². The van der Waals surface area contributed by atoms with Gasteiger partial charge in [0.1, 0.15) is 5.75 Å². The molecule has 4 heteroatoms. The Labute approximate surface area is 117 Å². The Morgan fingerprint density at radius 1 is 1.10 bits per heavy atom. The van der Waals surface area contributed by atoms with E-state index < -0.39 is 6.09 Å². The van der Waals surface area contributed by atoms with Crippen molar-refractivity contribution in [2.75, 3.05) is 11.9 Å². The Morgan fingerprint density at radius 3 is 2.70 bits per heavy atom. The number of anilines is 1. The summed E-state index contributed by atoms with van der Waals surface area (Å²) in [6.07, 6.45) is 0.398. The minimum absolute atomic E-state index is 0.0427. The van der Waals surface area contributed by atoms with Gasteiger partial charge in [0, 0.05) is 12.2 Å². The lowest BCUT2D eigenvalue weighted by atomic mass is 10.00. The van der Waals surface area contributed by atoms with Gasteiger partial charge in [0.25, 0.3) is 0 Å². The summed E-state index contributed by atoms with van der Waals surface area (Å²) < 4.78 is 5.23. The number of fused-ring (bicyclic) bond motifs is 1. The summed E-state index contributed by atoms with van der Waals surface area (Å²) >= 11 is 0. The van der Waals surface area contributed by atoms with Crippen LogP contribution < -0.4 is 15.4 Å². The highest BCUT2D eigenvalue weighted by molar-refractivity contribution is 5.71. The van der Waals surface area contributed by atoms with Gasteiger partial charge in [0.15, 0.2) is 0 Å². The van der Waals surface area contributed by atoms with Crippen LogP contribution in [0, 0.1) is 0 Å². The van der Waals surface area contributed by atoms with E-state index in [1.165, 1.54) is 5.56 Å². The van der Waals surface area contributed by atoms with Crippen molar-refractivity contribution < 1.29 is 9.53 Å². The Kier molecular flexibility index (Phi) is 3.54. The summed E-state index contributed by atoms with van der Waals surface area (Å²) in [5.74, 6) is 0.550. The van der Waals surface area contributed by atoms with E-state index in [0.29, 0.717) is 12.3 Å². The molecule has 0 radical (unpaired) electrons. The Hall–Kier alpha value is -2.49. The lowest BCUT2D eigenvalue weighted by Crippen LogP contribution is -2.44. The minimum Gasteiger partial charge on any atom is -0.410 e. The van der Waals surface area contributed by atoms with E-state index in [0.717, 1.165) is 12.1 Å². The molecule has 2 N–H and O–H groups in total. The molecule has 3 rings (SSSR count). The molecule has 1 amide bonds. The van der Waals surface area contributed by atoms with Crippen LogP contribution in [0.25, 0.3) is 0 Å². The highest BCUT2D eigenvalue weighted by Crippen LogP contribution is 2.21. The number of amides is 1. The molecule has 0 aliphatic carbocycles. The van der Waals surface area contributed by atoms with E-state index in [4.69, 9.17) is 4.74 Å². The summed E-state index contributed by atoms with van der Waals surface area (Å²) in [6.45, 7) is 0.709. The Bertz CT molecular complexity index is 598. The number of hydrogen-bond donors (Lipinski definition) is 2. The normalized spacial score (nSPS) is 16.7. The molecule has 0 saturated heterocycles. The van der Waals surface area contributed by atoms with Crippen LogP contribution in [-0.2, 0) is 6.42 Å². The fraction of sp³-hybridized carbons (Fsp3) is 0.188. The first-order valence-corrected chi connectivity index (χ1v) is 6.66. The first-order chi connectivity index (χ1) is 9.81. The zero-order chi connectivity index (χ0) is 13.8. The number of carbonyl (C=O) groups is 1. The van der Waals surface area contributed by atoms with Crippen molar-refractivity contribution in [2.45, 2.75) is 12.5 Å². The van der Waals surface area contributed by atoms with Crippen molar-refractivity contribution >= 4 is 11.8 Å². The molecule has 20 heavy (non-hydrogen) atoms. The second-order valence-electron chi connectivity index (χ2n) is 4.79. The van der Waals surface area contributed by atoms with Crippen molar-refractivity contribution in [1.29, 1.82) is 0 Å². The monoisotopic (exact) mass is 268 g/mol. The number of ether oxygens (including phenoxy) is 1. The van der Waals surface area contributed by atoms with Gasteiger partial charge in [-0.2, -0.15) is 0 Å². The number of rotatable bonds is 2. The maximum Gasteiger partial charge on any atom is 0.412 e. The van der Waals surface area contributed by atoms with Crippen LogP contribution in [0.1, 0.15) is 5.56 Å². The maximum absolute atomic E-state index is 11.8. The smallest absolute Gasteiger partial charge is 0.410 e. The number of carbonyl (C=O) groups excluding carboxylic acids is 1. The van der Waals surface area contributed by atoms with E-state index in [2.05, 4.69) is 16.7 Å². The lowest BCUT2D eigenvalue weighted by molar-refractivity contribution is 0.196. The number of nitrogens with one attached hydrogen (secondary N) is 2. The fourth-order valence-electron chi connectivity index (χ4n) is 2.34. The summed E-state index contributed by atoms with van der Waals surface area (Å²) in [6, 6.07) is 17.2. The van der Waals surface area contributed by atoms with Gasteiger partial charge in [-0.1, -0.05) is 36.4 Å². The van der Waals surface area contributed by atoms with Crippen molar-refractivity contribution in [3.05, 3.63) is 60.2 Å². The van der Waals surface area contributed by atoms with Crippen molar-refractivity contribution in [1.82, 2.24) is 5.32 Å². The summed E-state index contributed by atoms with van der Waals surface area (Å²) in [5.41, 5.74) is 2.35. The molecule has 0 spiro atoms. The van der Waals surface area contributed by atoms with Crippen molar-refractivity contribution in [3.8, 4) is 5.75 Å². The van der Waals surface area contributed by atoms with Gasteiger partial charge in [-0.3, -0.25) is 0 Å². The predicted molar refractivity (Wildman–Crippen MR) is 78.0 cm³/mol. The molecule has 2 aromatic carbocycles. The van der Waals surface area contributed by atoms with Gasteiger partial charge in [-0.15, -0.1) is 0 Å². The second-order valence-corrected chi connectivity index (χ2v) is 4.79. The minimum atomic E-state index is -0.414. The van der Waals surface area contributed by atoms with Gasteiger partial charge in [0.2, 0.25) is 0 Å². The molecule has 1 atom stereocenters. The molecule has 102 valence electrons. The molecule has 1 aliphatic rings. The topological polar surface area (TPSA) is 50.4 Å². The summed E-state index contributed by atoms with van der Waals surface area (Å²) in [7, 11) is 0. The van der Waals surface area contributed by atoms with Gasteiger partial charge < -0.3 is 15.4 Å². The van der Waals surface area contributed by atoms with Crippen LogP contribution in [0.4, 0.5) is 10.5 Å². The number of para-hydroxylation sites is 2. The fourth-order valence-corrected chi connectivity index (χ4v) is 2.34. The van der Waals surface area contributed by atoms with Crippen LogP contribution in [0.3, 0.4) is 0 Å². The third kappa shape index (κ3) is 2.91. The highest BCUT2D eigenvalue weighted by atomic mass is 16.6. The average molecular weight is 268 g/mol. The molecule has 1 unspecified atom stereocenters. The predicted octanol–water partition coefficient (Wildman–Crippen LogP) is 2.81. The van der Waals surface area contributed by atoms with Crippen molar-refractivity contribution in [2.24, 2.45) is 0 Å². The molecule has 0 fully saturated rings. The summed E-state index contributed by atoms with van der Waals surface area (Å²) in [4.78, 5) is 11.8. The average Bonchev–Trinajstić information content (AvgIpc) is 2.48. The highest BCUT2D eigenvalue weighted by Gasteiger charge is 2.20. The molecular weight excluding hydrogens is 252 g/mol. The third-order valence-corrected chi connectivity index (χ3v) is 3.30. The van der Waals surface area contributed by atoms with Crippen LogP contribution in [-0.4, -0.2) is 18.7 Å². The first-order valence-electron chi connectivity index (χ1n) is 6.66. The van der Waals surface area contributed by atoms with E-state index in [1.807, 2.05) is 36.4 Å². The molecule has 0 saturated carbocycles. The molecule has 1 heterocycles. The van der Waals surface area contributed by atoms with Crippen LogP contribution >= 0.6 is 0 Å². The second kappa shape index (κ2) is 5.65. The SMILES string of the molecule is O=C(NC1CNc2ccccc2C1)Oc1ccccc1. The first kappa shape index (κ1) is 12.5. The van der Waals surface area contributed by atoms with Gasteiger partial charge in [-0.25, -0.2) is 4.79 Å². The largest absolute Gasteiger partial charge is 0.412 e. The van der Waals surface area contributed by atoms with Gasteiger partial charge >= 0.3 is 6.09 Å². The molecule has 1 aliphatic heterocycles. The van der Waals surface area contributed by atoms with E-state index >= 15 is 0 Å². The van der Waals surface area contributed by atoms with Gasteiger partial charge in [0.05, 0.1) is 6.04 Å². The third-order valence-electron chi connectivity index (χ3n) is 3.30. The standard InChI is InChI=1S/C16H16N2O2/c19-16(20-14-7-2-1-3-8-14)18-13-10-12-6-4-5-9-15(12)17-11-13/h1-9,13,17H,10-11H2,(H,18,19). The molecule has 0 bridgehead atoms. The van der Waals surface area contributed by atoms with Crippen LogP contribution in [0.15, 0.2) is 54.6 Å². The lowest BCUT2D eigenvalue weighted by Gasteiger charge is -2.26. The quantitative estimate of drug-likeness (QED) is 0.880. The van der Waals surface area contributed by atoms with Crippen LogP contribution in [0.2, 0.25) is 0 Å². The molecule has 2 aromatic rings. The van der Waals surface area contributed by atoms with Gasteiger partial charge in [-0.05, 0) is 30.2 Å². The molecular formula is C16H16N2O2. The number of hydrogen-bond acceptors (Lipinski definition) is 3. The zero-order valence-electron chi connectivity index (χ0n) is 11.0.